The molecule has 1 amide bonds. The summed E-state index contributed by atoms with van der Waals surface area (Å²) in [4.78, 5) is 20.9. The van der Waals surface area contributed by atoms with Crippen LogP contribution in [0.4, 0.5) is 0 Å². The Morgan fingerprint density at radius 2 is 1.86 bits per heavy atom. The summed E-state index contributed by atoms with van der Waals surface area (Å²) in [7, 11) is 0. The molecule has 0 unspecified atom stereocenters. The molecule has 0 saturated carbocycles. The van der Waals surface area contributed by atoms with Gasteiger partial charge in [0.05, 0.1) is 0 Å². The lowest BCUT2D eigenvalue weighted by Gasteiger charge is -2.10. The number of nitrogens with zero attached hydrogens (tertiary/aromatic N) is 4. The monoisotopic (exact) mass is 371 g/mol. The highest BCUT2D eigenvalue weighted by Gasteiger charge is 2.10. The summed E-state index contributed by atoms with van der Waals surface area (Å²) in [5.74, 6) is 1.74. The van der Waals surface area contributed by atoms with Crippen LogP contribution in [-0.2, 0) is 6.54 Å². The van der Waals surface area contributed by atoms with Crippen LogP contribution in [0.2, 0.25) is 0 Å². The van der Waals surface area contributed by atoms with Crippen LogP contribution in [0.25, 0.3) is 5.82 Å². The van der Waals surface area contributed by atoms with Gasteiger partial charge in [-0.25, -0.2) is 14.6 Å². The Hall–Kier alpha value is -4.00. The van der Waals surface area contributed by atoms with Gasteiger partial charge in [0.1, 0.15) is 24.2 Å². The number of pyridine rings is 1. The predicted octanol–water partition coefficient (Wildman–Crippen LogP) is 3.38. The quantitative estimate of drug-likeness (QED) is 0.562. The van der Waals surface area contributed by atoms with Crippen molar-refractivity contribution in [2.45, 2.75) is 6.54 Å². The van der Waals surface area contributed by atoms with E-state index < -0.39 is 0 Å². The van der Waals surface area contributed by atoms with Crippen molar-refractivity contribution in [3.63, 3.8) is 0 Å². The number of carbonyl (C=O) groups excluding carboxylic acids is 1. The fraction of sp³-hybridized carbons (Fsp3) is 0.0476. The lowest BCUT2D eigenvalue weighted by Crippen LogP contribution is -2.23. The Kier molecular flexibility index (Phi) is 5.06. The highest BCUT2D eigenvalue weighted by Crippen LogP contribution is 2.22. The van der Waals surface area contributed by atoms with E-state index in [1.807, 2.05) is 48.5 Å². The molecule has 28 heavy (non-hydrogen) atoms. The van der Waals surface area contributed by atoms with Gasteiger partial charge in [-0.05, 0) is 36.4 Å². The first kappa shape index (κ1) is 17.4. The van der Waals surface area contributed by atoms with Crippen LogP contribution in [0.5, 0.6) is 11.5 Å². The van der Waals surface area contributed by atoms with Gasteiger partial charge < -0.3 is 10.1 Å². The van der Waals surface area contributed by atoms with Crippen LogP contribution in [0, 0.1) is 0 Å². The number of para-hydroxylation sites is 1. The molecule has 2 aromatic heterocycles. The molecule has 0 saturated heterocycles. The number of amides is 1. The maximum Gasteiger partial charge on any atom is 0.251 e. The van der Waals surface area contributed by atoms with Crippen LogP contribution in [0.3, 0.4) is 0 Å². The molecule has 0 spiro atoms. The van der Waals surface area contributed by atoms with E-state index in [0.717, 1.165) is 5.56 Å². The highest BCUT2D eigenvalue weighted by atomic mass is 16.5. The molecule has 4 aromatic rings. The maximum absolute atomic E-state index is 12.6. The standard InChI is InChI=1S/C21H17N5O2/c27-21(16-6-4-10-19(12-16)28-18-8-2-1-3-9-18)24-13-17-7-5-11-23-20(17)26-15-22-14-25-26/h1-12,14-15H,13H2,(H,24,27). The zero-order valence-corrected chi connectivity index (χ0v) is 14.9. The van der Waals surface area contributed by atoms with Crippen molar-refractivity contribution in [1.29, 1.82) is 0 Å². The molecule has 2 heterocycles. The summed E-state index contributed by atoms with van der Waals surface area (Å²) in [6, 6.07) is 20.2. The zero-order valence-electron chi connectivity index (χ0n) is 14.9. The largest absolute Gasteiger partial charge is 0.457 e. The number of ether oxygens (including phenoxy) is 1. The lowest BCUT2D eigenvalue weighted by molar-refractivity contribution is 0.0950. The van der Waals surface area contributed by atoms with Gasteiger partial charge in [-0.1, -0.05) is 30.3 Å². The summed E-state index contributed by atoms with van der Waals surface area (Å²) in [6.07, 6.45) is 4.68. The van der Waals surface area contributed by atoms with Gasteiger partial charge in [-0.2, -0.15) is 5.10 Å². The van der Waals surface area contributed by atoms with Crippen molar-refractivity contribution in [2.75, 3.05) is 0 Å². The second-order valence-corrected chi connectivity index (χ2v) is 5.95. The average molecular weight is 371 g/mol. The van der Waals surface area contributed by atoms with E-state index in [2.05, 4.69) is 20.4 Å². The van der Waals surface area contributed by atoms with E-state index >= 15 is 0 Å². The number of benzene rings is 2. The van der Waals surface area contributed by atoms with Crippen LogP contribution < -0.4 is 10.1 Å². The van der Waals surface area contributed by atoms with E-state index in [0.29, 0.717) is 29.4 Å². The van der Waals surface area contributed by atoms with Crippen molar-refractivity contribution in [3.05, 3.63) is 96.7 Å². The topological polar surface area (TPSA) is 81.9 Å². The highest BCUT2D eigenvalue weighted by molar-refractivity contribution is 5.94. The first-order valence-corrected chi connectivity index (χ1v) is 8.70. The average Bonchev–Trinajstić information content (AvgIpc) is 3.28. The molecule has 0 radical (unpaired) electrons. The number of aromatic nitrogens is 4. The molecule has 0 aliphatic heterocycles. The fourth-order valence-corrected chi connectivity index (χ4v) is 2.70. The molecule has 0 aliphatic carbocycles. The second-order valence-electron chi connectivity index (χ2n) is 5.95. The van der Waals surface area contributed by atoms with Gasteiger partial charge in [0.2, 0.25) is 0 Å². The van der Waals surface area contributed by atoms with Gasteiger partial charge in [-0.3, -0.25) is 4.79 Å². The second kappa shape index (κ2) is 8.13. The van der Waals surface area contributed by atoms with Crippen LogP contribution >= 0.6 is 0 Å². The lowest BCUT2D eigenvalue weighted by atomic mass is 10.2. The Labute approximate surface area is 161 Å². The molecular weight excluding hydrogens is 354 g/mol. The molecule has 2 aromatic carbocycles. The van der Waals surface area contributed by atoms with Gasteiger partial charge in [0.25, 0.3) is 5.91 Å². The zero-order chi connectivity index (χ0) is 19.2. The summed E-state index contributed by atoms with van der Waals surface area (Å²) >= 11 is 0. The van der Waals surface area contributed by atoms with E-state index in [4.69, 9.17) is 4.74 Å². The van der Waals surface area contributed by atoms with Crippen molar-refractivity contribution < 1.29 is 9.53 Å². The van der Waals surface area contributed by atoms with E-state index in [-0.39, 0.29) is 5.91 Å². The summed E-state index contributed by atoms with van der Waals surface area (Å²) in [6.45, 7) is 0.311. The van der Waals surface area contributed by atoms with Gasteiger partial charge in [0, 0.05) is 23.9 Å². The minimum atomic E-state index is -0.202. The Morgan fingerprint density at radius 1 is 1.00 bits per heavy atom. The number of hydrogen-bond donors (Lipinski definition) is 1. The first-order chi connectivity index (χ1) is 13.8. The van der Waals surface area contributed by atoms with Crippen molar-refractivity contribution in [1.82, 2.24) is 25.1 Å². The Morgan fingerprint density at radius 3 is 2.68 bits per heavy atom. The van der Waals surface area contributed by atoms with Crippen LogP contribution in [0.1, 0.15) is 15.9 Å². The van der Waals surface area contributed by atoms with E-state index in [1.54, 1.807) is 35.4 Å². The van der Waals surface area contributed by atoms with Crippen molar-refractivity contribution in [3.8, 4) is 17.3 Å². The third-order valence-corrected chi connectivity index (χ3v) is 4.02. The Balaban J connectivity index is 1.46. The van der Waals surface area contributed by atoms with E-state index in [1.165, 1.54) is 6.33 Å². The third kappa shape index (κ3) is 4.04. The summed E-state index contributed by atoms with van der Waals surface area (Å²) in [5, 5.41) is 7.01. The Bertz CT molecular complexity index is 1070. The normalized spacial score (nSPS) is 10.4. The van der Waals surface area contributed by atoms with E-state index in [9.17, 15) is 4.79 Å². The van der Waals surface area contributed by atoms with Crippen LogP contribution in [-0.4, -0.2) is 25.7 Å². The minimum absolute atomic E-state index is 0.202. The minimum Gasteiger partial charge on any atom is -0.457 e. The number of nitrogens with one attached hydrogen (secondary N) is 1. The SMILES string of the molecule is O=C(NCc1cccnc1-n1cncn1)c1cccc(Oc2ccccc2)c1. The molecule has 7 heteroatoms. The molecule has 7 nitrogen and oxygen atoms in total. The number of rotatable bonds is 6. The third-order valence-electron chi connectivity index (χ3n) is 4.02. The van der Waals surface area contributed by atoms with Gasteiger partial charge >= 0.3 is 0 Å². The maximum atomic E-state index is 12.6. The molecule has 0 fully saturated rings. The van der Waals surface area contributed by atoms with Gasteiger partial charge in [0.15, 0.2) is 5.82 Å². The fourth-order valence-electron chi connectivity index (χ4n) is 2.70. The summed E-state index contributed by atoms with van der Waals surface area (Å²) in [5.41, 5.74) is 1.35. The molecule has 0 bridgehead atoms. The molecule has 0 aliphatic rings. The molecule has 0 atom stereocenters. The van der Waals surface area contributed by atoms with Crippen LogP contribution in [0.15, 0.2) is 85.6 Å². The van der Waals surface area contributed by atoms with Gasteiger partial charge in [-0.15, -0.1) is 0 Å². The first-order valence-electron chi connectivity index (χ1n) is 8.70. The number of carbonyl (C=O) groups is 1. The smallest absolute Gasteiger partial charge is 0.251 e. The molecule has 4 rings (SSSR count). The predicted molar refractivity (Wildman–Crippen MR) is 103 cm³/mol. The number of hydrogen-bond acceptors (Lipinski definition) is 5. The van der Waals surface area contributed by atoms with Crippen molar-refractivity contribution in [2.24, 2.45) is 0 Å². The molecule has 1 N–H and O–H groups in total. The molecular formula is C21H17N5O2. The molecule has 138 valence electrons. The van der Waals surface area contributed by atoms with Crippen molar-refractivity contribution >= 4 is 5.91 Å². The summed E-state index contributed by atoms with van der Waals surface area (Å²) < 4.78 is 7.36.